The Kier molecular flexibility index (Phi) is 14.2. The summed E-state index contributed by atoms with van der Waals surface area (Å²) in [5.41, 5.74) is 0. The molecular formula is C25H43NaO7S. The largest absolute Gasteiger partial charge is 1.00 e. The first-order chi connectivity index (χ1) is 15.7. The first-order valence-corrected chi connectivity index (χ1v) is 14.4. The quantitative estimate of drug-likeness (QED) is 0.187. The normalized spacial score (nSPS) is 27.6. The minimum absolute atomic E-state index is 0. The zero-order valence-corrected chi connectivity index (χ0v) is 24.6. The molecule has 0 aromatic carbocycles. The van der Waals surface area contributed by atoms with E-state index in [0.29, 0.717) is 13.0 Å². The van der Waals surface area contributed by atoms with Crippen molar-refractivity contribution < 1.29 is 61.6 Å². The molecule has 2 aliphatic rings. The smallest absolute Gasteiger partial charge is 0.748 e. The van der Waals surface area contributed by atoms with Gasteiger partial charge in [-0.15, -0.1) is 0 Å². The van der Waals surface area contributed by atoms with Crippen molar-refractivity contribution in [1.29, 1.82) is 0 Å². The summed E-state index contributed by atoms with van der Waals surface area (Å²) in [5, 5.41) is -1.13. The third-order valence-electron chi connectivity index (χ3n) is 7.87. The van der Waals surface area contributed by atoms with E-state index in [1.165, 1.54) is 0 Å². The second kappa shape index (κ2) is 15.2. The second-order valence-corrected chi connectivity index (χ2v) is 11.7. The van der Waals surface area contributed by atoms with Crippen molar-refractivity contribution in [3.8, 4) is 0 Å². The predicted octanol–water partition coefficient (Wildman–Crippen LogP) is 1.70. The molecule has 2 bridgehead atoms. The van der Waals surface area contributed by atoms with Crippen LogP contribution in [0.1, 0.15) is 91.9 Å². The van der Waals surface area contributed by atoms with Crippen LogP contribution in [0.3, 0.4) is 0 Å². The molecule has 9 heteroatoms. The van der Waals surface area contributed by atoms with Crippen LogP contribution in [0, 0.1) is 35.5 Å². The molecule has 0 radical (unpaired) electrons. The molecule has 2 fully saturated rings. The van der Waals surface area contributed by atoms with Gasteiger partial charge in [-0.05, 0) is 49.4 Å². The van der Waals surface area contributed by atoms with Crippen molar-refractivity contribution in [2.45, 2.75) is 97.2 Å². The number of carbonyl (C=O) groups is 2. The average molecular weight is 511 g/mol. The van der Waals surface area contributed by atoms with Gasteiger partial charge < -0.3 is 14.0 Å². The van der Waals surface area contributed by atoms with Crippen LogP contribution in [-0.4, -0.2) is 43.4 Å². The summed E-state index contributed by atoms with van der Waals surface area (Å²) in [6.45, 7) is 8.92. The fraction of sp³-hybridized carbons (Fsp3) is 0.920. The number of esters is 2. The molecule has 0 heterocycles. The SMILES string of the molecule is CCCCC(CC)COC(=O)C1C2CC(C1C(=O)OCC(CC)CCCC)C(S(=O)(=O)[O-])C2.[Na+]. The second-order valence-electron chi connectivity index (χ2n) is 10.1. The fourth-order valence-corrected chi connectivity index (χ4v) is 6.87. The molecule has 0 aromatic heterocycles. The summed E-state index contributed by atoms with van der Waals surface area (Å²) < 4.78 is 46.8. The summed E-state index contributed by atoms with van der Waals surface area (Å²) in [6, 6.07) is 0. The van der Waals surface area contributed by atoms with Crippen LogP contribution in [0.4, 0.5) is 0 Å². The topological polar surface area (TPSA) is 110 Å². The molecule has 0 aliphatic heterocycles. The van der Waals surface area contributed by atoms with Crippen molar-refractivity contribution in [3.63, 3.8) is 0 Å². The molecule has 34 heavy (non-hydrogen) atoms. The number of hydrogen-bond donors (Lipinski definition) is 0. The summed E-state index contributed by atoms with van der Waals surface area (Å²) in [6.07, 6.45) is 8.48. The maximum absolute atomic E-state index is 13.1. The molecule has 0 spiro atoms. The Morgan fingerprint density at radius 1 is 0.853 bits per heavy atom. The third-order valence-corrected chi connectivity index (χ3v) is 9.15. The van der Waals surface area contributed by atoms with Gasteiger partial charge in [0.05, 0.1) is 40.4 Å². The number of unbranched alkanes of at least 4 members (excludes halogenated alkanes) is 2. The van der Waals surface area contributed by atoms with Crippen LogP contribution in [0.2, 0.25) is 0 Å². The summed E-state index contributed by atoms with van der Waals surface area (Å²) in [4.78, 5) is 26.2. The van der Waals surface area contributed by atoms with E-state index in [-0.39, 0.29) is 60.3 Å². The summed E-state index contributed by atoms with van der Waals surface area (Å²) >= 11 is 0. The molecule has 7 unspecified atom stereocenters. The number of hydrogen-bond acceptors (Lipinski definition) is 7. The van der Waals surface area contributed by atoms with E-state index in [9.17, 15) is 22.6 Å². The van der Waals surface area contributed by atoms with Crippen LogP contribution >= 0.6 is 0 Å². The Hall–Kier alpha value is -0.150. The molecule has 7 nitrogen and oxygen atoms in total. The van der Waals surface area contributed by atoms with Crippen molar-refractivity contribution in [2.75, 3.05) is 13.2 Å². The van der Waals surface area contributed by atoms with Crippen molar-refractivity contribution >= 4 is 22.1 Å². The van der Waals surface area contributed by atoms with Crippen molar-refractivity contribution in [3.05, 3.63) is 0 Å². The molecule has 192 valence electrons. The van der Waals surface area contributed by atoms with Gasteiger partial charge in [0.1, 0.15) is 0 Å². The predicted molar refractivity (Wildman–Crippen MR) is 125 cm³/mol. The zero-order valence-electron chi connectivity index (χ0n) is 21.8. The Bertz CT molecular complexity index is 742. The first kappa shape index (κ1) is 31.9. The van der Waals surface area contributed by atoms with E-state index in [4.69, 9.17) is 9.47 Å². The van der Waals surface area contributed by atoms with E-state index in [1.807, 2.05) is 0 Å². The fourth-order valence-electron chi connectivity index (χ4n) is 5.68. The van der Waals surface area contributed by atoms with Gasteiger partial charge in [0, 0.05) is 0 Å². The van der Waals surface area contributed by atoms with Gasteiger partial charge in [0.25, 0.3) is 0 Å². The van der Waals surface area contributed by atoms with Crippen LogP contribution in [0.5, 0.6) is 0 Å². The van der Waals surface area contributed by atoms with Gasteiger partial charge in [0.2, 0.25) is 0 Å². The number of ether oxygens (including phenoxy) is 2. The van der Waals surface area contributed by atoms with Crippen molar-refractivity contribution in [2.24, 2.45) is 35.5 Å². The summed E-state index contributed by atoms with van der Waals surface area (Å²) in [7, 11) is -4.55. The number of carbonyl (C=O) groups excluding carboxylic acids is 2. The van der Waals surface area contributed by atoms with Gasteiger partial charge in [0.15, 0.2) is 0 Å². The van der Waals surface area contributed by atoms with Gasteiger partial charge in [-0.25, -0.2) is 8.42 Å². The third kappa shape index (κ3) is 8.46. The monoisotopic (exact) mass is 510 g/mol. The minimum Gasteiger partial charge on any atom is -0.748 e. The molecule has 2 aliphatic carbocycles. The molecule has 2 saturated carbocycles. The van der Waals surface area contributed by atoms with Gasteiger partial charge >= 0.3 is 41.5 Å². The standard InChI is InChI=1S/C25H44O7S.Na/c1-5-9-11-17(7-3)15-31-24(26)22-19-13-20(21(14-19)33(28,29)30)23(22)25(27)32-16-18(8-4)12-10-6-2;/h17-23H,5-16H2,1-4H3,(H,28,29,30);/q;+1/p-1. The Morgan fingerprint density at radius 3 is 1.74 bits per heavy atom. The Morgan fingerprint density at radius 2 is 1.32 bits per heavy atom. The molecule has 2 rings (SSSR count). The Balaban J connectivity index is 0.00000578. The van der Waals surface area contributed by atoms with Gasteiger partial charge in [-0.1, -0.05) is 66.2 Å². The maximum Gasteiger partial charge on any atom is 1.00 e. The number of rotatable bonds is 15. The maximum atomic E-state index is 13.1. The summed E-state index contributed by atoms with van der Waals surface area (Å²) in [5.74, 6) is -3.11. The van der Waals surface area contributed by atoms with Crippen molar-refractivity contribution in [1.82, 2.24) is 0 Å². The van der Waals surface area contributed by atoms with Crippen LogP contribution in [0.15, 0.2) is 0 Å². The van der Waals surface area contributed by atoms with Gasteiger partial charge in [-0.2, -0.15) is 0 Å². The Labute approximate surface area is 228 Å². The molecular weight excluding hydrogens is 467 g/mol. The van der Waals surface area contributed by atoms with Gasteiger partial charge in [-0.3, -0.25) is 9.59 Å². The minimum atomic E-state index is -4.55. The average Bonchev–Trinajstić information content (AvgIpc) is 3.38. The zero-order chi connectivity index (χ0) is 24.6. The molecule has 7 atom stereocenters. The molecule has 0 aromatic rings. The molecule has 0 amide bonds. The van der Waals surface area contributed by atoms with E-state index >= 15 is 0 Å². The van der Waals surface area contributed by atoms with E-state index < -0.39 is 45.1 Å². The van der Waals surface area contributed by atoms with E-state index in [2.05, 4.69) is 27.7 Å². The van der Waals surface area contributed by atoms with E-state index in [1.54, 1.807) is 0 Å². The molecule has 0 saturated heterocycles. The number of fused-ring (bicyclic) bond motifs is 2. The molecule has 0 N–H and O–H groups in total. The van der Waals surface area contributed by atoms with Crippen LogP contribution in [-0.2, 0) is 29.2 Å². The van der Waals surface area contributed by atoms with Crippen LogP contribution < -0.4 is 29.6 Å². The van der Waals surface area contributed by atoms with E-state index in [0.717, 1.165) is 51.4 Å². The van der Waals surface area contributed by atoms with Crippen LogP contribution in [0.25, 0.3) is 0 Å². The first-order valence-electron chi connectivity index (χ1n) is 13.0.